The van der Waals surface area contributed by atoms with Crippen LogP contribution < -0.4 is 5.32 Å². The molecule has 1 rings (SSSR count). The van der Waals surface area contributed by atoms with E-state index < -0.39 is 5.60 Å². The van der Waals surface area contributed by atoms with Gasteiger partial charge in [-0.3, -0.25) is 4.79 Å². The molecule has 0 bridgehead atoms. The van der Waals surface area contributed by atoms with Crippen molar-refractivity contribution in [3.05, 3.63) is 34.9 Å². The molecule has 0 saturated carbocycles. The highest BCUT2D eigenvalue weighted by Gasteiger charge is 2.20. The summed E-state index contributed by atoms with van der Waals surface area (Å²) in [7, 11) is 0. The van der Waals surface area contributed by atoms with E-state index in [0.29, 0.717) is 23.6 Å². The third-order valence-electron chi connectivity index (χ3n) is 2.70. The molecule has 0 fully saturated rings. The number of hydrogen-bond donors (Lipinski definition) is 2. The predicted molar refractivity (Wildman–Crippen MR) is 81.8 cm³/mol. The Morgan fingerprint density at radius 1 is 1.47 bits per heavy atom. The van der Waals surface area contributed by atoms with E-state index in [1.807, 2.05) is 30.5 Å². The molecule has 19 heavy (non-hydrogen) atoms. The lowest BCUT2D eigenvalue weighted by molar-refractivity contribution is -0.122. The van der Waals surface area contributed by atoms with Crippen LogP contribution in [0.25, 0.3) is 0 Å². The summed E-state index contributed by atoms with van der Waals surface area (Å²) in [5, 5.41) is 13.4. The number of aryl methyl sites for hydroxylation is 1. The molecule has 0 aromatic heterocycles. The van der Waals surface area contributed by atoms with E-state index >= 15 is 0 Å². The van der Waals surface area contributed by atoms with Crippen LogP contribution in [0.2, 0.25) is 5.02 Å². The van der Waals surface area contributed by atoms with Crippen LogP contribution in [0, 0.1) is 0 Å². The zero-order chi connectivity index (χ0) is 14.3. The lowest BCUT2D eigenvalue weighted by Crippen LogP contribution is -2.42. The molecule has 3 nitrogen and oxygen atoms in total. The second kappa shape index (κ2) is 7.78. The molecule has 0 spiro atoms. The Bertz CT molecular complexity index is 424. The minimum absolute atomic E-state index is 0.0682. The van der Waals surface area contributed by atoms with Gasteiger partial charge in [0.2, 0.25) is 5.91 Å². The fourth-order valence-electron chi connectivity index (χ4n) is 1.69. The predicted octanol–water partition coefficient (Wildman–Crippen LogP) is 2.50. The van der Waals surface area contributed by atoms with Gasteiger partial charge in [-0.1, -0.05) is 29.8 Å². The first-order valence-electron chi connectivity index (χ1n) is 6.16. The van der Waals surface area contributed by atoms with Crippen molar-refractivity contribution in [3.8, 4) is 0 Å². The van der Waals surface area contributed by atoms with Gasteiger partial charge in [0.1, 0.15) is 0 Å². The van der Waals surface area contributed by atoms with Crippen molar-refractivity contribution in [1.29, 1.82) is 0 Å². The van der Waals surface area contributed by atoms with Crippen LogP contribution in [0.1, 0.15) is 18.9 Å². The molecule has 0 heterocycles. The van der Waals surface area contributed by atoms with Gasteiger partial charge in [0, 0.05) is 23.7 Å². The molecule has 2 N–H and O–H groups in total. The molecule has 5 heteroatoms. The molecular weight excluding hydrogens is 282 g/mol. The Labute approximate surface area is 123 Å². The molecule has 106 valence electrons. The zero-order valence-electron chi connectivity index (χ0n) is 11.3. The van der Waals surface area contributed by atoms with Crippen molar-refractivity contribution >= 4 is 29.3 Å². The second-order valence-corrected chi connectivity index (χ2v) is 6.07. The van der Waals surface area contributed by atoms with E-state index in [2.05, 4.69) is 5.32 Å². The van der Waals surface area contributed by atoms with E-state index in [0.717, 1.165) is 5.56 Å². The van der Waals surface area contributed by atoms with E-state index in [9.17, 15) is 9.90 Å². The highest BCUT2D eigenvalue weighted by atomic mass is 35.5. The third kappa shape index (κ3) is 6.32. The van der Waals surface area contributed by atoms with Gasteiger partial charge in [-0.15, -0.1) is 0 Å². The van der Waals surface area contributed by atoms with Gasteiger partial charge >= 0.3 is 0 Å². The van der Waals surface area contributed by atoms with Gasteiger partial charge in [-0.25, -0.2) is 0 Å². The molecule has 1 amide bonds. The summed E-state index contributed by atoms with van der Waals surface area (Å²) in [5.74, 6) is 0.527. The minimum Gasteiger partial charge on any atom is -0.387 e. The maximum absolute atomic E-state index is 11.7. The maximum Gasteiger partial charge on any atom is 0.220 e. The Morgan fingerprint density at radius 3 is 2.79 bits per heavy atom. The van der Waals surface area contributed by atoms with E-state index in [-0.39, 0.29) is 12.5 Å². The Morgan fingerprint density at radius 2 is 2.16 bits per heavy atom. The van der Waals surface area contributed by atoms with Gasteiger partial charge in [0.25, 0.3) is 0 Å². The minimum atomic E-state index is -0.862. The third-order valence-corrected chi connectivity index (χ3v) is 3.98. The van der Waals surface area contributed by atoms with Crippen LogP contribution in [-0.4, -0.2) is 35.2 Å². The Hall–Kier alpha value is -0.710. The molecule has 0 aliphatic carbocycles. The van der Waals surface area contributed by atoms with Gasteiger partial charge < -0.3 is 10.4 Å². The average molecular weight is 302 g/mol. The van der Waals surface area contributed by atoms with Crippen LogP contribution in [0.5, 0.6) is 0 Å². The summed E-state index contributed by atoms with van der Waals surface area (Å²) in [6, 6.07) is 7.51. The van der Waals surface area contributed by atoms with E-state index in [1.165, 1.54) is 0 Å². The summed E-state index contributed by atoms with van der Waals surface area (Å²) in [6.07, 6.45) is 2.91. The van der Waals surface area contributed by atoms with Crippen LogP contribution in [0.3, 0.4) is 0 Å². The molecule has 0 aliphatic heterocycles. The van der Waals surface area contributed by atoms with E-state index in [4.69, 9.17) is 11.6 Å². The van der Waals surface area contributed by atoms with E-state index in [1.54, 1.807) is 18.7 Å². The average Bonchev–Trinajstić information content (AvgIpc) is 2.35. The van der Waals surface area contributed by atoms with Gasteiger partial charge in [0.05, 0.1) is 5.60 Å². The molecule has 1 aromatic carbocycles. The topological polar surface area (TPSA) is 49.3 Å². The monoisotopic (exact) mass is 301 g/mol. The zero-order valence-corrected chi connectivity index (χ0v) is 12.9. The van der Waals surface area contributed by atoms with Crippen LogP contribution >= 0.6 is 23.4 Å². The smallest absolute Gasteiger partial charge is 0.220 e. The number of carbonyl (C=O) groups is 1. The number of thioether (sulfide) groups is 1. The Balaban J connectivity index is 2.35. The van der Waals surface area contributed by atoms with Crippen LogP contribution in [0.4, 0.5) is 0 Å². The van der Waals surface area contributed by atoms with Gasteiger partial charge in [-0.05, 0) is 31.2 Å². The van der Waals surface area contributed by atoms with Crippen molar-refractivity contribution in [2.24, 2.45) is 0 Å². The Kier molecular flexibility index (Phi) is 6.69. The lowest BCUT2D eigenvalue weighted by atomic mass is 10.1. The molecule has 0 saturated heterocycles. The summed E-state index contributed by atoms with van der Waals surface area (Å²) < 4.78 is 0. The maximum atomic E-state index is 11.7. The molecule has 1 aromatic rings. The molecule has 1 unspecified atom stereocenters. The number of nitrogens with one attached hydrogen (secondary N) is 1. The first kappa shape index (κ1) is 16.3. The SMILES string of the molecule is CSCC(C)(O)CNC(=O)CCc1ccccc1Cl. The highest BCUT2D eigenvalue weighted by molar-refractivity contribution is 7.98. The second-order valence-electron chi connectivity index (χ2n) is 4.80. The van der Waals surface area contributed by atoms with Gasteiger partial charge in [-0.2, -0.15) is 11.8 Å². The van der Waals surface area contributed by atoms with Crippen LogP contribution in [0.15, 0.2) is 24.3 Å². The van der Waals surface area contributed by atoms with Crippen molar-refractivity contribution in [2.45, 2.75) is 25.4 Å². The summed E-state index contributed by atoms with van der Waals surface area (Å²) in [6.45, 7) is 1.99. The number of halogens is 1. The van der Waals surface area contributed by atoms with Crippen molar-refractivity contribution < 1.29 is 9.90 Å². The van der Waals surface area contributed by atoms with Crippen LogP contribution in [-0.2, 0) is 11.2 Å². The highest BCUT2D eigenvalue weighted by Crippen LogP contribution is 2.16. The summed E-state index contributed by atoms with van der Waals surface area (Å²) in [5.41, 5.74) is 0.106. The quantitative estimate of drug-likeness (QED) is 0.813. The normalized spacial score (nSPS) is 13.9. The number of hydrogen-bond acceptors (Lipinski definition) is 3. The molecule has 0 aliphatic rings. The number of amides is 1. The standard InChI is InChI=1S/C14H20ClNO2S/c1-14(18,10-19-2)9-16-13(17)8-7-11-5-3-4-6-12(11)15/h3-6,18H,7-10H2,1-2H3,(H,16,17). The fraction of sp³-hybridized carbons (Fsp3) is 0.500. The number of rotatable bonds is 7. The number of aliphatic hydroxyl groups is 1. The lowest BCUT2D eigenvalue weighted by Gasteiger charge is -2.22. The molecular formula is C14H20ClNO2S. The fourth-order valence-corrected chi connectivity index (χ4v) is 2.64. The molecule has 0 radical (unpaired) electrons. The largest absolute Gasteiger partial charge is 0.387 e. The number of benzene rings is 1. The first-order valence-corrected chi connectivity index (χ1v) is 7.93. The van der Waals surface area contributed by atoms with Gasteiger partial charge in [0.15, 0.2) is 0 Å². The van der Waals surface area contributed by atoms with Crippen molar-refractivity contribution in [3.63, 3.8) is 0 Å². The first-order chi connectivity index (χ1) is 8.94. The summed E-state index contributed by atoms with van der Waals surface area (Å²) >= 11 is 7.58. The molecule has 1 atom stereocenters. The van der Waals surface area contributed by atoms with Crippen molar-refractivity contribution in [2.75, 3.05) is 18.6 Å². The number of carbonyl (C=O) groups excluding carboxylic acids is 1. The van der Waals surface area contributed by atoms with Crippen molar-refractivity contribution in [1.82, 2.24) is 5.32 Å². The summed E-state index contributed by atoms with van der Waals surface area (Å²) in [4.78, 5) is 11.7.